The number of hydrogen-bond acceptors (Lipinski definition) is 2. The molecule has 0 saturated carbocycles. The van der Waals surface area contributed by atoms with E-state index in [0.29, 0.717) is 0 Å². The Morgan fingerprint density at radius 1 is 1.39 bits per heavy atom. The predicted octanol–water partition coefficient (Wildman–Crippen LogP) is 3.67. The van der Waals surface area contributed by atoms with Crippen LogP contribution in [0.15, 0.2) is 28.9 Å². The number of nitrogens with one attached hydrogen (secondary N) is 1. The summed E-state index contributed by atoms with van der Waals surface area (Å²) in [4.78, 5) is 0. The van der Waals surface area contributed by atoms with Crippen LogP contribution in [-0.2, 0) is 20.0 Å². The molecule has 4 heteroatoms. The molecule has 0 atom stereocenters. The zero-order chi connectivity index (χ0) is 13.1. The van der Waals surface area contributed by atoms with Crippen molar-refractivity contribution in [3.05, 3.63) is 45.7 Å². The van der Waals surface area contributed by atoms with Crippen LogP contribution in [0.25, 0.3) is 0 Å². The topological polar surface area (TPSA) is 29.9 Å². The first-order valence-corrected chi connectivity index (χ1v) is 6.91. The van der Waals surface area contributed by atoms with Gasteiger partial charge in [-0.3, -0.25) is 4.68 Å². The van der Waals surface area contributed by atoms with Gasteiger partial charge in [-0.05, 0) is 31.0 Å². The van der Waals surface area contributed by atoms with Crippen LogP contribution in [0.1, 0.15) is 23.7 Å². The summed E-state index contributed by atoms with van der Waals surface area (Å²) in [6.45, 7) is 5.06. The van der Waals surface area contributed by atoms with Crippen molar-refractivity contribution in [1.29, 1.82) is 0 Å². The number of aromatic nitrogens is 2. The van der Waals surface area contributed by atoms with Gasteiger partial charge < -0.3 is 5.32 Å². The highest BCUT2D eigenvalue weighted by Gasteiger charge is 2.06. The second-order valence-electron chi connectivity index (χ2n) is 4.44. The van der Waals surface area contributed by atoms with Crippen LogP contribution in [0.2, 0.25) is 0 Å². The van der Waals surface area contributed by atoms with E-state index in [2.05, 4.69) is 64.6 Å². The van der Waals surface area contributed by atoms with Gasteiger partial charge >= 0.3 is 0 Å². The van der Waals surface area contributed by atoms with Gasteiger partial charge in [-0.15, -0.1) is 0 Å². The second kappa shape index (κ2) is 5.57. The fourth-order valence-corrected chi connectivity index (χ4v) is 2.37. The maximum absolute atomic E-state index is 4.45. The van der Waals surface area contributed by atoms with Gasteiger partial charge in [0.25, 0.3) is 0 Å². The molecule has 18 heavy (non-hydrogen) atoms. The summed E-state index contributed by atoms with van der Waals surface area (Å²) in [6.07, 6.45) is 3.05. The minimum atomic E-state index is 0.814. The molecule has 1 aromatic heterocycles. The molecule has 0 radical (unpaired) electrons. The Hall–Kier alpha value is -1.29. The number of hydrogen-bond donors (Lipinski definition) is 1. The Morgan fingerprint density at radius 3 is 2.89 bits per heavy atom. The van der Waals surface area contributed by atoms with Gasteiger partial charge in [0.05, 0.1) is 5.69 Å². The molecule has 0 aliphatic rings. The van der Waals surface area contributed by atoms with Crippen LogP contribution in [-0.4, -0.2) is 9.78 Å². The summed E-state index contributed by atoms with van der Waals surface area (Å²) in [5.41, 5.74) is 4.84. The van der Waals surface area contributed by atoms with Crippen molar-refractivity contribution < 1.29 is 0 Å². The van der Waals surface area contributed by atoms with Crippen molar-refractivity contribution in [3.8, 4) is 0 Å². The molecule has 1 N–H and O–H groups in total. The summed E-state index contributed by atoms with van der Waals surface area (Å²) < 4.78 is 2.97. The molecule has 3 nitrogen and oxygen atoms in total. The van der Waals surface area contributed by atoms with Crippen LogP contribution in [0.5, 0.6) is 0 Å². The van der Waals surface area contributed by atoms with Gasteiger partial charge in [-0.25, -0.2) is 0 Å². The first kappa shape index (κ1) is 13.1. The molecule has 0 unspecified atom stereocenters. The second-order valence-corrected chi connectivity index (χ2v) is 5.36. The number of benzene rings is 1. The number of anilines is 1. The molecule has 0 bridgehead atoms. The Balaban J connectivity index is 2.13. The summed E-state index contributed by atoms with van der Waals surface area (Å²) in [5.74, 6) is 0. The number of rotatable bonds is 4. The molecule has 2 rings (SSSR count). The number of aryl methyl sites for hydroxylation is 3. The lowest BCUT2D eigenvalue weighted by Crippen LogP contribution is -2.02. The standard InChI is InChI=1S/C14H18BrN3/c1-4-13-11(9-18(3)17-13)8-16-14-7-12(15)6-5-10(14)2/h5-7,9,16H,4,8H2,1-3H3. The lowest BCUT2D eigenvalue weighted by Gasteiger charge is -2.09. The van der Waals surface area contributed by atoms with E-state index in [4.69, 9.17) is 0 Å². The molecule has 0 aliphatic heterocycles. The van der Waals surface area contributed by atoms with E-state index < -0.39 is 0 Å². The number of nitrogens with zero attached hydrogens (tertiary/aromatic N) is 2. The van der Waals surface area contributed by atoms with Crippen LogP contribution >= 0.6 is 15.9 Å². The third kappa shape index (κ3) is 2.93. The van der Waals surface area contributed by atoms with Crippen LogP contribution < -0.4 is 5.32 Å². The smallest absolute Gasteiger partial charge is 0.0671 e. The van der Waals surface area contributed by atoms with Crippen molar-refractivity contribution in [2.24, 2.45) is 7.05 Å². The summed E-state index contributed by atoms with van der Waals surface area (Å²) in [5, 5.41) is 7.92. The zero-order valence-corrected chi connectivity index (χ0v) is 12.6. The molecule has 1 aromatic carbocycles. The molecular weight excluding hydrogens is 290 g/mol. The van der Waals surface area contributed by atoms with Gasteiger partial charge in [0.15, 0.2) is 0 Å². The van der Waals surface area contributed by atoms with Crippen molar-refractivity contribution in [2.45, 2.75) is 26.8 Å². The Labute approximate surface area is 116 Å². The SMILES string of the molecule is CCc1nn(C)cc1CNc1cc(Br)ccc1C. The lowest BCUT2D eigenvalue weighted by molar-refractivity contribution is 0.746. The predicted molar refractivity (Wildman–Crippen MR) is 78.8 cm³/mol. The first-order valence-electron chi connectivity index (χ1n) is 6.11. The van der Waals surface area contributed by atoms with E-state index in [1.165, 1.54) is 11.1 Å². The highest BCUT2D eigenvalue weighted by atomic mass is 79.9. The normalized spacial score (nSPS) is 10.7. The van der Waals surface area contributed by atoms with E-state index in [1.54, 1.807) is 0 Å². The Kier molecular flexibility index (Phi) is 4.07. The molecule has 2 aromatic rings. The van der Waals surface area contributed by atoms with E-state index in [-0.39, 0.29) is 0 Å². The third-order valence-electron chi connectivity index (χ3n) is 3.00. The zero-order valence-electron chi connectivity index (χ0n) is 11.0. The maximum atomic E-state index is 4.45. The van der Waals surface area contributed by atoms with Crippen molar-refractivity contribution >= 4 is 21.6 Å². The Morgan fingerprint density at radius 2 is 2.17 bits per heavy atom. The van der Waals surface area contributed by atoms with Gasteiger partial charge in [0, 0.05) is 35.5 Å². The molecule has 0 saturated heterocycles. The summed E-state index contributed by atoms with van der Waals surface area (Å²) >= 11 is 3.50. The number of halogens is 1. The minimum absolute atomic E-state index is 0.814. The van der Waals surface area contributed by atoms with E-state index >= 15 is 0 Å². The molecule has 0 amide bonds. The monoisotopic (exact) mass is 307 g/mol. The largest absolute Gasteiger partial charge is 0.381 e. The minimum Gasteiger partial charge on any atom is -0.381 e. The molecule has 0 fully saturated rings. The average molecular weight is 308 g/mol. The fourth-order valence-electron chi connectivity index (χ4n) is 2.00. The van der Waals surface area contributed by atoms with Gasteiger partial charge in [-0.2, -0.15) is 5.10 Å². The van der Waals surface area contributed by atoms with Crippen LogP contribution in [0, 0.1) is 6.92 Å². The lowest BCUT2D eigenvalue weighted by atomic mass is 10.1. The maximum Gasteiger partial charge on any atom is 0.0671 e. The molecule has 1 heterocycles. The van der Waals surface area contributed by atoms with Crippen molar-refractivity contribution in [1.82, 2.24) is 9.78 Å². The fraction of sp³-hybridized carbons (Fsp3) is 0.357. The van der Waals surface area contributed by atoms with Crippen molar-refractivity contribution in [3.63, 3.8) is 0 Å². The highest BCUT2D eigenvalue weighted by Crippen LogP contribution is 2.21. The van der Waals surface area contributed by atoms with Crippen LogP contribution in [0.3, 0.4) is 0 Å². The molecule has 0 spiro atoms. The van der Waals surface area contributed by atoms with E-state index in [9.17, 15) is 0 Å². The summed E-state index contributed by atoms with van der Waals surface area (Å²) in [6, 6.07) is 6.27. The van der Waals surface area contributed by atoms with E-state index in [1.807, 2.05) is 11.7 Å². The van der Waals surface area contributed by atoms with Gasteiger partial charge in [-0.1, -0.05) is 28.9 Å². The van der Waals surface area contributed by atoms with E-state index in [0.717, 1.165) is 28.8 Å². The first-order chi connectivity index (χ1) is 8.60. The highest BCUT2D eigenvalue weighted by molar-refractivity contribution is 9.10. The van der Waals surface area contributed by atoms with Crippen LogP contribution in [0.4, 0.5) is 5.69 Å². The van der Waals surface area contributed by atoms with Crippen molar-refractivity contribution in [2.75, 3.05) is 5.32 Å². The Bertz CT molecular complexity index is 546. The third-order valence-corrected chi connectivity index (χ3v) is 3.49. The quantitative estimate of drug-likeness (QED) is 0.934. The molecule has 96 valence electrons. The summed E-state index contributed by atoms with van der Waals surface area (Å²) in [7, 11) is 1.97. The van der Waals surface area contributed by atoms with Gasteiger partial charge in [0.1, 0.15) is 0 Å². The molecule has 0 aliphatic carbocycles. The van der Waals surface area contributed by atoms with Gasteiger partial charge in [0.2, 0.25) is 0 Å². The molecular formula is C14H18BrN3. The average Bonchev–Trinajstić information content (AvgIpc) is 2.71.